The molecule has 2 aliphatic rings. The van der Waals surface area contributed by atoms with E-state index in [1.54, 1.807) is 0 Å². The van der Waals surface area contributed by atoms with E-state index in [1.807, 2.05) is 0 Å². The first-order valence-electron chi connectivity index (χ1n) is 9.58. The predicted octanol–water partition coefficient (Wildman–Crippen LogP) is 3.40. The quantitative estimate of drug-likeness (QED) is 0.708. The molecular weight excluding hydrogens is 472 g/mol. The number of benzene rings is 2. The number of nitrogens with one attached hydrogen (secondary N) is 1. The lowest BCUT2D eigenvalue weighted by Gasteiger charge is -2.48. The number of sulfonamides is 1. The highest BCUT2D eigenvalue weighted by molar-refractivity contribution is 7.92. The number of ether oxygens (including phenoxy) is 1. The Kier molecular flexibility index (Phi) is 5.56. The van der Waals surface area contributed by atoms with E-state index in [9.17, 15) is 21.2 Å². The average molecular weight is 492 g/mol. The fourth-order valence-corrected chi connectivity index (χ4v) is 8.49. The van der Waals surface area contributed by atoms with Crippen molar-refractivity contribution in [3.05, 3.63) is 58.6 Å². The number of hydrogen-bond acceptors (Lipinski definition) is 5. The van der Waals surface area contributed by atoms with Gasteiger partial charge in [0.2, 0.25) is 10.0 Å². The second kappa shape index (κ2) is 7.68. The molecule has 2 aromatic rings. The van der Waals surface area contributed by atoms with Crippen molar-refractivity contribution in [3.63, 3.8) is 0 Å². The largest absolute Gasteiger partial charge is 0.490 e. The van der Waals surface area contributed by atoms with E-state index < -0.39 is 53.2 Å². The maximum absolute atomic E-state index is 15.1. The summed E-state index contributed by atoms with van der Waals surface area (Å²) < 4.78 is 88.2. The first-order chi connectivity index (χ1) is 14.5. The van der Waals surface area contributed by atoms with Crippen LogP contribution in [0.3, 0.4) is 0 Å². The van der Waals surface area contributed by atoms with Crippen LogP contribution in [0, 0.1) is 17.6 Å². The molecule has 0 unspecified atom stereocenters. The van der Waals surface area contributed by atoms with E-state index in [-0.39, 0.29) is 36.3 Å². The van der Waals surface area contributed by atoms with E-state index in [0.29, 0.717) is 5.02 Å². The van der Waals surface area contributed by atoms with Crippen LogP contribution in [0.2, 0.25) is 5.02 Å². The Morgan fingerprint density at radius 2 is 1.71 bits per heavy atom. The normalized spacial score (nSPS) is 25.9. The highest BCUT2D eigenvalue weighted by Gasteiger charge is 2.60. The van der Waals surface area contributed by atoms with Crippen LogP contribution < -0.4 is 9.46 Å². The number of fused-ring (bicyclic) bond motifs is 3. The molecule has 11 heteroatoms. The minimum atomic E-state index is -4.29. The van der Waals surface area contributed by atoms with Crippen molar-refractivity contribution in [2.45, 2.75) is 34.2 Å². The third-order valence-electron chi connectivity index (χ3n) is 6.28. The number of hydrogen-bond donors (Lipinski definition) is 1. The Hall–Kier alpha value is -1.75. The van der Waals surface area contributed by atoms with Crippen molar-refractivity contribution in [1.29, 1.82) is 0 Å². The molecule has 0 spiro atoms. The standard InChI is InChI=1S/C20H20ClF2NO5S2/c1-24-31(27,28)15-8-9-20(30(25,26)14-4-2-13(21)3-5-14)12(10-15)11-29-19-17(23)7-6-16(22)18(19)20/h2-7,12,15,24H,8-11H2,1H3/t12-,15+,20+/m1/s1. The zero-order valence-electron chi connectivity index (χ0n) is 16.4. The molecule has 1 aliphatic heterocycles. The van der Waals surface area contributed by atoms with Gasteiger partial charge in [-0.15, -0.1) is 0 Å². The maximum Gasteiger partial charge on any atom is 0.214 e. The van der Waals surface area contributed by atoms with Gasteiger partial charge in [-0.2, -0.15) is 0 Å². The van der Waals surface area contributed by atoms with E-state index in [1.165, 1.54) is 31.3 Å². The minimum Gasteiger partial charge on any atom is -0.490 e. The first kappa shape index (κ1) is 22.4. The molecule has 0 saturated heterocycles. The van der Waals surface area contributed by atoms with Gasteiger partial charge in [0, 0.05) is 10.9 Å². The van der Waals surface area contributed by atoms with E-state index in [4.69, 9.17) is 16.3 Å². The average Bonchev–Trinajstić information content (AvgIpc) is 2.75. The topological polar surface area (TPSA) is 89.5 Å². The molecule has 0 radical (unpaired) electrons. The van der Waals surface area contributed by atoms with Crippen molar-refractivity contribution < 1.29 is 30.4 Å². The van der Waals surface area contributed by atoms with Crippen molar-refractivity contribution >= 4 is 31.5 Å². The molecule has 2 aromatic carbocycles. The van der Waals surface area contributed by atoms with Gasteiger partial charge in [0.25, 0.3) is 0 Å². The van der Waals surface area contributed by atoms with Crippen LogP contribution in [0.4, 0.5) is 8.78 Å². The van der Waals surface area contributed by atoms with Crippen LogP contribution in [0.15, 0.2) is 41.3 Å². The van der Waals surface area contributed by atoms with Gasteiger partial charge in [0.1, 0.15) is 10.6 Å². The molecule has 6 nitrogen and oxygen atoms in total. The Labute approximate surface area is 184 Å². The zero-order chi connectivity index (χ0) is 22.6. The van der Waals surface area contributed by atoms with Gasteiger partial charge < -0.3 is 4.74 Å². The maximum atomic E-state index is 15.1. The predicted molar refractivity (Wildman–Crippen MR) is 111 cm³/mol. The van der Waals surface area contributed by atoms with Gasteiger partial charge >= 0.3 is 0 Å². The van der Waals surface area contributed by atoms with E-state index >= 15 is 4.39 Å². The molecule has 0 bridgehead atoms. The highest BCUT2D eigenvalue weighted by atomic mass is 35.5. The van der Waals surface area contributed by atoms with E-state index in [2.05, 4.69) is 4.72 Å². The third kappa shape index (κ3) is 3.35. The van der Waals surface area contributed by atoms with Gasteiger partial charge in [-0.25, -0.2) is 30.3 Å². The molecule has 31 heavy (non-hydrogen) atoms. The highest BCUT2D eigenvalue weighted by Crippen LogP contribution is 2.57. The molecule has 0 aromatic heterocycles. The lowest BCUT2D eigenvalue weighted by atomic mass is 9.73. The molecule has 4 rings (SSSR count). The van der Waals surface area contributed by atoms with Crippen molar-refractivity contribution in [2.24, 2.45) is 5.92 Å². The molecule has 1 saturated carbocycles. The summed E-state index contributed by atoms with van der Waals surface area (Å²) >= 11 is 5.90. The number of rotatable bonds is 4. The minimum absolute atomic E-state index is 0.0398. The van der Waals surface area contributed by atoms with Crippen LogP contribution in [0.25, 0.3) is 0 Å². The van der Waals surface area contributed by atoms with Gasteiger partial charge in [-0.1, -0.05) is 11.6 Å². The van der Waals surface area contributed by atoms with Crippen LogP contribution in [-0.2, 0) is 24.6 Å². The molecule has 1 fully saturated rings. The summed E-state index contributed by atoms with van der Waals surface area (Å²) in [5.41, 5.74) is -0.376. The lowest BCUT2D eigenvalue weighted by molar-refractivity contribution is 0.125. The first-order valence-corrected chi connectivity index (χ1v) is 13.0. The number of halogens is 3. The monoisotopic (exact) mass is 491 g/mol. The molecule has 1 aliphatic carbocycles. The number of sulfone groups is 1. The van der Waals surface area contributed by atoms with Crippen LogP contribution in [0.5, 0.6) is 5.75 Å². The van der Waals surface area contributed by atoms with Gasteiger partial charge in [0.15, 0.2) is 21.4 Å². The molecule has 1 N–H and O–H groups in total. The van der Waals surface area contributed by atoms with Crippen molar-refractivity contribution in [1.82, 2.24) is 4.72 Å². The fraction of sp³-hybridized carbons (Fsp3) is 0.400. The van der Waals surface area contributed by atoms with Crippen molar-refractivity contribution in [2.75, 3.05) is 13.7 Å². The van der Waals surface area contributed by atoms with Gasteiger partial charge in [0.05, 0.1) is 22.3 Å². The molecule has 3 atom stereocenters. The molecule has 1 heterocycles. The smallest absolute Gasteiger partial charge is 0.214 e. The Morgan fingerprint density at radius 1 is 1.06 bits per heavy atom. The summed E-state index contributed by atoms with van der Waals surface area (Å²) in [6, 6.07) is 7.18. The summed E-state index contributed by atoms with van der Waals surface area (Å²) in [6.07, 6.45) is -0.321. The van der Waals surface area contributed by atoms with Crippen molar-refractivity contribution in [3.8, 4) is 5.75 Å². The van der Waals surface area contributed by atoms with Crippen LogP contribution >= 0.6 is 11.6 Å². The Morgan fingerprint density at radius 3 is 2.35 bits per heavy atom. The SMILES string of the molecule is CNS(=O)(=O)[C@H]1CC[C@@]2(S(=O)(=O)c3ccc(Cl)cc3)c3c(F)ccc(F)c3OC[C@H]2C1. The Balaban J connectivity index is 1.97. The second-order valence-corrected chi connectivity index (χ2v) is 12.5. The van der Waals surface area contributed by atoms with Gasteiger partial charge in [-0.3, -0.25) is 0 Å². The van der Waals surface area contributed by atoms with E-state index in [0.717, 1.165) is 12.1 Å². The van der Waals surface area contributed by atoms with Crippen LogP contribution in [0.1, 0.15) is 24.8 Å². The molecule has 168 valence electrons. The van der Waals surface area contributed by atoms with Gasteiger partial charge in [-0.05, 0) is 62.7 Å². The molecular formula is C20H20ClF2NO5S2. The second-order valence-electron chi connectivity index (χ2n) is 7.73. The Bertz CT molecular complexity index is 1230. The zero-order valence-corrected chi connectivity index (χ0v) is 18.8. The molecule has 0 amide bonds. The lowest BCUT2D eigenvalue weighted by Crippen LogP contribution is -2.54. The summed E-state index contributed by atoms with van der Waals surface area (Å²) in [6.45, 7) is -0.254. The summed E-state index contributed by atoms with van der Waals surface area (Å²) in [4.78, 5) is -0.103. The summed E-state index contributed by atoms with van der Waals surface area (Å²) in [5.74, 6) is -3.12. The fourth-order valence-electron chi connectivity index (χ4n) is 4.75. The third-order valence-corrected chi connectivity index (χ3v) is 11.0. The summed E-state index contributed by atoms with van der Waals surface area (Å²) in [5, 5.41) is -0.556. The summed E-state index contributed by atoms with van der Waals surface area (Å²) in [7, 11) is -6.70. The van der Waals surface area contributed by atoms with Crippen LogP contribution in [-0.4, -0.2) is 35.7 Å².